The zero-order chi connectivity index (χ0) is 14.7. The Balaban J connectivity index is 1.93. The van der Waals surface area contributed by atoms with Crippen LogP contribution < -0.4 is 10.5 Å². The maximum absolute atomic E-state index is 5.76. The van der Waals surface area contributed by atoms with Gasteiger partial charge in [0, 0.05) is 32.2 Å². The number of rotatable bonds is 5. The fourth-order valence-electron chi connectivity index (χ4n) is 2.75. The van der Waals surface area contributed by atoms with Gasteiger partial charge >= 0.3 is 0 Å². The van der Waals surface area contributed by atoms with Crippen LogP contribution in [0.15, 0.2) is 18.2 Å². The molecule has 2 N–H and O–H groups in total. The van der Waals surface area contributed by atoms with E-state index in [1.54, 1.807) is 7.11 Å². The first-order valence-electron chi connectivity index (χ1n) is 7.35. The number of hydrogen-bond donors (Lipinski definition) is 1. The summed E-state index contributed by atoms with van der Waals surface area (Å²) in [5.74, 6) is 1.89. The molecule has 0 amide bonds. The highest BCUT2D eigenvalue weighted by Gasteiger charge is 2.16. The van der Waals surface area contributed by atoms with Crippen LogP contribution in [-0.2, 0) is 17.8 Å². The van der Waals surface area contributed by atoms with E-state index < -0.39 is 0 Å². The molecule has 3 rings (SSSR count). The average Bonchev–Trinajstić information content (AvgIpc) is 2.85. The summed E-state index contributed by atoms with van der Waals surface area (Å²) in [6.07, 6.45) is 0. The Bertz CT molecular complexity index is 605. The Morgan fingerprint density at radius 2 is 2.14 bits per heavy atom. The number of nitrogens with two attached hydrogens (primary N) is 1. The fourth-order valence-corrected chi connectivity index (χ4v) is 2.75. The van der Waals surface area contributed by atoms with Crippen molar-refractivity contribution in [3.8, 4) is 5.75 Å². The van der Waals surface area contributed by atoms with E-state index in [0.717, 1.165) is 62.0 Å². The van der Waals surface area contributed by atoms with E-state index in [4.69, 9.17) is 20.2 Å². The first-order valence-corrected chi connectivity index (χ1v) is 7.35. The van der Waals surface area contributed by atoms with Gasteiger partial charge in [-0.3, -0.25) is 4.90 Å². The van der Waals surface area contributed by atoms with Crippen LogP contribution in [0.5, 0.6) is 5.75 Å². The molecule has 0 saturated carbocycles. The van der Waals surface area contributed by atoms with Crippen LogP contribution in [0.3, 0.4) is 0 Å². The third-order valence-electron chi connectivity index (χ3n) is 3.86. The van der Waals surface area contributed by atoms with Gasteiger partial charge in [0.05, 0.1) is 37.9 Å². The Kier molecular flexibility index (Phi) is 4.38. The van der Waals surface area contributed by atoms with Crippen LogP contribution in [0.1, 0.15) is 5.82 Å². The molecule has 6 heteroatoms. The Morgan fingerprint density at radius 3 is 2.86 bits per heavy atom. The van der Waals surface area contributed by atoms with Crippen molar-refractivity contribution in [1.29, 1.82) is 0 Å². The van der Waals surface area contributed by atoms with Crippen molar-refractivity contribution < 1.29 is 9.47 Å². The summed E-state index contributed by atoms with van der Waals surface area (Å²) < 4.78 is 12.9. The van der Waals surface area contributed by atoms with Crippen LogP contribution in [-0.4, -0.2) is 54.4 Å². The van der Waals surface area contributed by atoms with E-state index in [1.807, 2.05) is 12.1 Å². The molecule has 0 radical (unpaired) electrons. The molecule has 0 atom stereocenters. The molecule has 1 aromatic heterocycles. The number of ether oxygens (including phenoxy) is 2. The van der Waals surface area contributed by atoms with Crippen molar-refractivity contribution in [2.45, 2.75) is 13.1 Å². The fraction of sp³-hybridized carbons (Fsp3) is 0.533. The predicted octanol–water partition coefficient (Wildman–Crippen LogP) is 0.836. The second-order valence-corrected chi connectivity index (χ2v) is 5.21. The summed E-state index contributed by atoms with van der Waals surface area (Å²) in [5.41, 5.74) is 7.84. The number of benzene rings is 1. The predicted molar refractivity (Wildman–Crippen MR) is 81.4 cm³/mol. The lowest BCUT2D eigenvalue weighted by atomic mass is 10.3. The Hall–Kier alpha value is -1.63. The molecule has 2 aromatic rings. The van der Waals surface area contributed by atoms with Gasteiger partial charge < -0.3 is 19.8 Å². The first-order chi connectivity index (χ1) is 10.3. The van der Waals surface area contributed by atoms with Gasteiger partial charge in [0.25, 0.3) is 0 Å². The average molecular weight is 290 g/mol. The normalized spacial score (nSPS) is 16.5. The van der Waals surface area contributed by atoms with E-state index in [2.05, 4.69) is 15.5 Å². The lowest BCUT2D eigenvalue weighted by Crippen LogP contribution is -2.36. The minimum atomic E-state index is 0.605. The van der Waals surface area contributed by atoms with Gasteiger partial charge in [0.1, 0.15) is 11.6 Å². The van der Waals surface area contributed by atoms with Gasteiger partial charge in [-0.05, 0) is 12.1 Å². The summed E-state index contributed by atoms with van der Waals surface area (Å²) in [6.45, 7) is 5.72. The van der Waals surface area contributed by atoms with Gasteiger partial charge in [-0.1, -0.05) is 0 Å². The zero-order valence-electron chi connectivity index (χ0n) is 12.4. The molecular weight excluding hydrogens is 268 g/mol. The highest BCUT2D eigenvalue weighted by molar-refractivity contribution is 5.77. The summed E-state index contributed by atoms with van der Waals surface area (Å²) >= 11 is 0. The highest BCUT2D eigenvalue weighted by atomic mass is 16.5. The van der Waals surface area contributed by atoms with Gasteiger partial charge in [-0.25, -0.2) is 4.98 Å². The maximum Gasteiger partial charge on any atom is 0.124 e. The van der Waals surface area contributed by atoms with Gasteiger partial charge in [0.2, 0.25) is 0 Å². The molecule has 0 spiro atoms. The first kappa shape index (κ1) is 14.3. The minimum absolute atomic E-state index is 0.605. The minimum Gasteiger partial charge on any atom is -0.497 e. The van der Waals surface area contributed by atoms with Gasteiger partial charge in [-0.15, -0.1) is 0 Å². The molecule has 0 unspecified atom stereocenters. The van der Waals surface area contributed by atoms with E-state index >= 15 is 0 Å². The lowest BCUT2D eigenvalue weighted by Gasteiger charge is -2.26. The van der Waals surface area contributed by atoms with Crippen molar-refractivity contribution in [2.24, 2.45) is 5.73 Å². The third-order valence-corrected chi connectivity index (χ3v) is 3.86. The lowest BCUT2D eigenvalue weighted by molar-refractivity contribution is 0.0326. The highest BCUT2D eigenvalue weighted by Crippen LogP contribution is 2.22. The number of aromatic nitrogens is 2. The summed E-state index contributed by atoms with van der Waals surface area (Å²) in [6, 6.07) is 6.00. The molecule has 1 saturated heterocycles. The number of methoxy groups -OCH3 is 1. The Labute approximate surface area is 124 Å². The molecule has 6 nitrogen and oxygen atoms in total. The molecule has 1 aliphatic heterocycles. The molecule has 21 heavy (non-hydrogen) atoms. The standard InChI is InChI=1S/C15H22N4O2/c1-20-12-2-3-14-13(10-12)17-15(19(14)5-4-16)11-18-6-8-21-9-7-18/h2-3,10H,4-9,11,16H2,1H3. The van der Waals surface area contributed by atoms with Crippen molar-refractivity contribution >= 4 is 11.0 Å². The molecule has 1 aliphatic rings. The van der Waals surface area contributed by atoms with Crippen LogP contribution in [0.4, 0.5) is 0 Å². The summed E-state index contributed by atoms with van der Waals surface area (Å²) in [4.78, 5) is 7.15. The van der Waals surface area contributed by atoms with E-state index in [-0.39, 0.29) is 0 Å². The molecule has 1 fully saturated rings. The quantitative estimate of drug-likeness (QED) is 0.884. The van der Waals surface area contributed by atoms with Crippen LogP contribution in [0.2, 0.25) is 0 Å². The number of morpholine rings is 1. The van der Waals surface area contributed by atoms with Crippen LogP contribution in [0, 0.1) is 0 Å². The van der Waals surface area contributed by atoms with Gasteiger partial charge in [0.15, 0.2) is 0 Å². The second kappa shape index (κ2) is 6.43. The molecule has 2 heterocycles. The van der Waals surface area contributed by atoms with E-state index in [0.29, 0.717) is 6.54 Å². The monoisotopic (exact) mass is 290 g/mol. The van der Waals surface area contributed by atoms with E-state index in [1.165, 1.54) is 0 Å². The second-order valence-electron chi connectivity index (χ2n) is 5.21. The molecule has 0 aliphatic carbocycles. The van der Waals surface area contributed by atoms with Gasteiger partial charge in [-0.2, -0.15) is 0 Å². The van der Waals surface area contributed by atoms with Crippen molar-refractivity contribution in [1.82, 2.24) is 14.5 Å². The third kappa shape index (κ3) is 3.02. The summed E-state index contributed by atoms with van der Waals surface area (Å²) in [7, 11) is 1.67. The largest absolute Gasteiger partial charge is 0.497 e. The van der Waals surface area contributed by atoms with Crippen molar-refractivity contribution in [3.63, 3.8) is 0 Å². The maximum atomic E-state index is 5.76. The molecule has 0 bridgehead atoms. The molecule has 114 valence electrons. The smallest absolute Gasteiger partial charge is 0.124 e. The Morgan fingerprint density at radius 1 is 1.33 bits per heavy atom. The number of imidazole rings is 1. The number of fused-ring (bicyclic) bond motifs is 1. The van der Waals surface area contributed by atoms with Crippen LogP contribution >= 0.6 is 0 Å². The number of nitrogens with zero attached hydrogens (tertiary/aromatic N) is 3. The van der Waals surface area contributed by atoms with Crippen LogP contribution in [0.25, 0.3) is 11.0 Å². The topological polar surface area (TPSA) is 65.5 Å². The van der Waals surface area contributed by atoms with E-state index in [9.17, 15) is 0 Å². The van der Waals surface area contributed by atoms with Crippen molar-refractivity contribution in [2.75, 3.05) is 40.0 Å². The van der Waals surface area contributed by atoms with Crippen molar-refractivity contribution in [3.05, 3.63) is 24.0 Å². The molecular formula is C15H22N4O2. The zero-order valence-corrected chi connectivity index (χ0v) is 12.4. The molecule has 1 aromatic carbocycles. The SMILES string of the molecule is COc1ccc2c(c1)nc(CN1CCOCC1)n2CCN. The number of hydrogen-bond acceptors (Lipinski definition) is 5. The summed E-state index contributed by atoms with van der Waals surface area (Å²) in [5, 5.41) is 0.